The average Bonchev–Trinajstić information content (AvgIpc) is 2.47. The van der Waals surface area contributed by atoms with Crippen LogP contribution in [0.15, 0.2) is 48.5 Å². The van der Waals surface area contributed by atoms with E-state index >= 15 is 0 Å². The monoisotopic (exact) mass is 254 g/mol. The molecule has 2 rings (SSSR count). The maximum atomic E-state index is 5.69. The molecular formula is C17H22N2. The molecule has 0 amide bonds. The van der Waals surface area contributed by atoms with E-state index < -0.39 is 0 Å². The topological polar surface area (TPSA) is 29.3 Å². The normalized spacial score (nSPS) is 10.5. The maximum absolute atomic E-state index is 5.69. The molecule has 0 aliphatic rings. The molecule has 2 heteroatoms. The summed E-state index contributed by atoms with van der Waals surface area (Å²) >= 11 is 0. The van der Waals surface area contributed by atoms with Gasteiger partial charge in [0, 0.05) is 18.4 Å². The molecule has 19 heavy (non-hydrogen) atoms. The highest BCUT2D eigenvalue weighted by Gasteiger charge is 2.08. The van der Waals surface area contributed by atoms with Crippen molar-refractivity contribution in [1.82, 2.24) is 0 Å². The molecule has 0 saturated heterocycles. The van der Waals surface area contributed by atoms with Crippen LogP contribution in [-0.2, 0) is 12.8 Å². The van der Waals surface area contributed by atoms with E-state index in [1.54, 1.807) is 0 Å². The van der Waals surface area contributed by atoms with Crippen molar-refractivity contribution in [3.05, 3.63) is 59.7 Å². The van der Waals surface area contributed by atoms with Gasteiger partial charge in [0.2, 0.25) is 0 Å². The van der Waals surface area contributed by atoms with E-state index in [1.807, 2.05) is 0 Å². The zero-order valence-electron chi connectivity index (χ0n) is 11.8. The van der Waals surface area contributed by atoms with Crippen LogP contribution in [0.1, 0.15) is 18.1 Å². The Morgan fingerprint density at radius 1 is 1.00 bits per heavy atom. The summed E-state index contributed by atoms with van der Waals surface area (Å²) < 4.78 is 0. The molecule has 0 radical (unpaired) electrons. The van der Waals surface area contributed by atoms with Crippen LogP contribution in [0.2, 0.25) is 0 Å². The van der Waals surface area contributed by atoms with E-state index in [-0.39, 0.29) is 0 Å². The van der Waals surface area contributed by atoms with Crippen molar-refractivity contribution in [2.75, 3.05) is 18.5 Å². The second-order valence-corrected chi connectivity index (χ2v) is 4.75. The number of nitrogens with zero attached hydrogens (tertiary/aromatic N) is 1. The van der Waals surface area contributed by atoms with Gasteiger partial charge in [-0.3, -0.25) is 0 Å². The smallest absolute Gasteiger partial charge is 0.0441 e. The highest BCUT2D eigenvalue weighted by atomic mass is 15.1. The number of para-hydroxylation sites is 1. The van der Waals surface area contributed by atoms with Crippen molar-refractivity contribution in [1.29, 1.82) is 0 Å². The van der Waals surface area contributed by atoms with E-state index in [2.05, 4.69) is 67.4 Å². The lowest BCUT2D eigenvalue weighted by Gasteiger charge is -2.22. The molecule has 0 aliphatic heterocycles. The van der Waals surface area contributed by atoms with Gasteiger partial charge in [0.15, 0.2) is 0 Å². The number of hydrogen-bond acceptors (Lipinski definition) is 2. The van der Waals surface area contributed by atoms with Crippen molar-refractivity contribution in [2.45, 2.75) is 19.8 Å². The Kier molecular flexibility index (Phi) is 4.58. The quantitative estimate of drug-likeness (QED) is 0.884. The highest BCUT2D eigenvalue weighted by molar-refractivity contribution is 5.66. The van der Waals surface area contributed by atoms with Crippen molar-refractivity contribution >= 4 is 11.4 Å². The van der Waals surface area contributed by atoms with E-state index in [0.717, 1.165) is 12.8 Å². The Labute approximate surface area is 115 Å². The third kappa shape index (κ3) is 3.15. The average molecular weight is 254 g/mol. The van der Waals surface area contributed by atoms with Gasteiger partial charge in [-0.2, -0.15) is 0 Å². The summed E-state index contributed by atoms with van der Waals surface area (Å²) in [5.41, 5.74) is 10.8. The third-order valence-corrected chi connectivity index (χ3v) is 3.50. The van der Waals surface area contributed by atoms with E-state index in [9.17, 15) is 0 Å². The molecule has 0 bridgehead atoms. The molecule has 0 unspecified atom stereocenters. The van der Waals surface area contributed by atoms with Crippen LogP contribution in [0, 0.1) is 0 Å². The Bertz CT molecular complexity index is 517. The second-order valence-electron chi connectivity index (χ2n) is 4.75. The van der Waals surface area contributed by atoms with Crippen LogP contribution in [-0.4, -0.2) is 13.6 Å². The summed E-state index contributed by atoms with van der Waals surface area (Å²) in [6.07, 6.45) is 1.99. The fourth-order valence-electron chi connectivity index (χ4n) is 2.30. The molecule has 100 valence electrons. The Hall–Kier alpha value is -1.80. The van der Waals surface area contributed by atoms with Crippen LogP contribution in [0.5, 0.6) is 0 Å². The molecule has 2 aromatic carbocycles. The molecule has 0 saturated carbocycles. The van der Waals surface area contributed by atoms with E-state index in [0.29, 0.717) is 6.54 Å². The molecule has 2 nitrogen and oxygen atoms in total. The third-order valence-electron chi connectivity index (χ3n) is 3.50. The maximum Gasteiger partial charge on any atom is 0.0441 e. The van der Waals surface area contributed by atoms with Crippen molar-refractivity contribution < 1.29 is 0 Å². The number of benzene rings is 2. The molecule has 0 aromatic heterocycles. The first kappa shape index (κ1) is 13.6. The first-order valence-electron chi connectivity index (χ1n) is 6.87. The van der Waals surface area contributed by atoms with Gasteiger partial charge in [0.25, 0.3) is 0 Å². The van der Waals surface area contributed by atoms with Gasteiger partial charge in [-0.25, -0.2) is 0 Å². The summed E-state index contributed by atoms with van der Waals surface area (Å²) in [5.74, 6) is 0. The minimum absolute atomic E-state index is 0.680. The van der Waals surface area contributed by atoms with Gasteiger partial charge in [-0.05, 0) is 48.7 Å². The number of anilines is 2. The first-order chi connectivity index (χ1) is 9.26. The lowest BCUT2D eigenvalue weighted by Crippen LogP contribution is -2.13. The van der Waals surface area contributed by atoms with Gasteiger partial charge in [-0.15, -0.1) is 0 Å². The van der Waals surface area contributed by atoms with E-state index in [1.165, 1.54) is 22.5 Å². The molecule has 0 spiro atoms. The molecule has 0 atom stereocenters. The zero-order chi connectivity index (χ0) is 13.7. The predicted molar refractivity (Wildman–Crippen MR) is 83.1 cm³/mol. The molecule has 0 heterocycles. The minimum Gasteiger partial charge on any atom is -0.344 e. The SMILES string of the molecule is CCc1ccc(N(C)c2ccccc2CCN)cc1. The zero-order valence-corrected chi connectivity index (χ0v) is 11.8. The lowest BCUT2D eigenvalue weighted by molar-refractivity contribution is 0.961. The van der Waals surface area contributed by atoms with Gasteiger partial charge in [0.05, 0.1) is 0 Å². The minimum atomic E-state index is 0.680. The standard InChI is InChI=1S/C17H22N2/c1-3-14-8-10-16(11-9-14)19(2)17-7-5-4-6-15(17)12-13-18/h4-11H,3,12-13,18H2,1-2H3. The number of hydrogen-bond donors (Lipinski definition) is 1. The lowest BCUT2D eigenvalue weighted by atomic mass is 10.1. The summed E-state index contributed by atoms with van der Waals surface area (Å²) in [7, 11) is 2.11. The number of nitrogens with two attached hydrogens (primary N) is 1. The summed E-state index contributed by atoms with van der Waals surface area (Å²) in [4.78, 5) is 2.23. The van der Waals surface area contributed by atoms with Gasteiger partial charge >= 0.3 is 0 Å². The molecule has 0 fully saturated rings. The fourth-order valence-corrected chi connectivity index (χ4v) is 2.30. The van der Waals surface area contributed by atoms with Crippen LogP contribution in [0.3, 0.4) is 0 Å². The highest BCUT2D eigenvalue weighted by Crippen LogP contribution is 2.27. The van der Waals surface area contributed by atoms with Crippen LogP contribution in [0.25, 0.3) is 0 Å². The number of rotatable bonds is 5. The van der Waals surface area contributed by atoms with Crippen LogP contribution < -0.4 is 10.6 Å². The predicted octanol–water partition coefficient (Wildman–Crippen LogP) is 3.52. The Balaban J connectivity index is 2.29. The summed E-state index contributed by atoms with van der Waals surface area (Å²) in [6.45, 7) is 2.86. The van der Waals surface area contributed by atoms with Gasteiger partial charge in [-0.1, -0.05) is 37.3 Å². The summed E-state index contributed by atoms with van der Waals surface area (Å²) in [5, 5.41) is 0. The van der Waals surface area contributed by atoms with Crippen LogP contribution >= 0.6 is 0 Å². The largest absolute Gasteiger partial charge is 0.344 e. The Morgan fingerprint density at radius 3 is 2.32 bits per heavy atom. The first-order valence-corrected chi connectivity index (χ1v) is 6.87. The molecule has 0 aliphatic carbocycles. The number of aryl methyl sites for hydroxylation is 1. The Morgan fingerprint density at radius 2 is 1.68 bits per heavy atom. The molecule has 2 N–H and O–H groups in total. The van der Waals surface area contributed by atoms with Crippen LogP contribution in [0.4, 0.5) is 11.4 Å². The summed E-state index contributed by atoms with van der Waals surface area (Å²) in [6, 6.07) is 17.2. The molecular weight excluding hydrogens is 232 g/mol. The van der Waals surface area contributed by atoms with E-state index in [4.69, 9.17) is 5.73 Å². The second kappa shape index (κ2) is 6.39. The van der Waals surface area contributed by atoms with Crippen molar-refractivity contribution in [2.24, 2.45) is 5.73 Å². The molecule has 2 aromatic rings. The fraction of sp³-hybridized carbons (Fsp3) is 0.294. The van der Waals surface area contributed by atoms with Gasteiger partial charge < -0.3 is 10.6 Å². The van der Waals surface area contributed by atoms with Crippen molar-refractivity contribution in [3.8, 4) is 0 Å². The van der Waals surface area contributed by atoms with Crippen molar-refractivity contribution in [3.63, 3.8) is 0 Å². The van der Waals surface area contributed by atoms with Gasteiger partial charge in [0.1, 0.15) is 0 Å².